The van der Waals surface area contributed by atoms with E-state index in [1.165, 1.54) is 31.2 Å². The first-order valence-electron chi connectivity index (χ1n) is 7.16. The number of rotatable bonds is 6. The molecule has 0 spiro atoms. The molecule has 1 nitrogen and oxygen atoms in total. The van der Waals surface area contributed by atoms with Gasteiger partial charge in [0.05, 0.1) is 0 Å². The van der Waals surface area contributed by atoms with Crippen LogP contribution < -0.4 is 5.32 Å². The molecular weight excluding hydrogens is 318 g/mol. The monoisotopic (exact) mass is 341 g/mol. The van der Waals surface area contributed by atoms with E-state index in [0.29, 0.717) is 10.8 Å². The number of thioether (sulfide) groups is 1. The Morgan fingerprint density at radius 3 is 2.47 bits per heavy atom. The van der Waals surface area contributed by atoms with Crippen molar-refractivity contribution in [2.75, 3.05) is 12.8 Å². The lowest BCUT2D eigenvalue weighted by Gasteiger charge is -2.29. The molecule has 0 aromatic heterocycles. The van der Waals surface area contributed by atoms with E-state index in [0.717, 1.165) is 17.4 Å². The molecule has 1 aromatic rings. The fourth-order valence-corrected chi connectivity index (χ4v) is 4.07. The quantitative estimate of drug-likeness (QED) is 0.808. The van der Waals surface area contributed by atoms with Crippen LogP contribution in [0.2, 0.25) is 0 Å². The van der Waals surface area contributed by atoms with Crippen molar-refractivity contribution in [2.45, 2.75) is 49.8 Å². The van der Waals surface area contributed by atoms with Crippen LogP contribution in [0.1, 0.15) is 38.2 Å². The molecule has 1 aromatic carbocycles. The molecule has 3 heteroatoms. The standard InChI is InChI=1S/C16H24BrNS/c1-13(11-14-5-7-15(17)8-6-14)18-12-16(19-2)9-3-4-10-16/h5-8,13,18H,3-4,9-12H2,1-2H3. The third kappa shape index (κ3) is 4.51. The van der Waals surface area contributed by atoms with Crippen LogP contribution in [-0.4, -0.2) is 23.6 Å². The minimum absolute atomic E-state index is 0.508. The Hall–Kier alpha value is 0.01000. The van der Waals surface area contributed by atoms with Crippen LogP contribution in [0.5, 0.6) is 0 Å². The average Bonchev–Trinajstić information content (AvgIpc) is 2.89. The highest BCUT2D eigenvalue weighted by atomic mass is 79.9. The molecule has 0 radical (unpaired) electrons. The van der Waals surface area contributed by atoms with Crippen molar-refractivity contribution in [3.63, 3.8) is 0 Å². The lowest BCUT2D eigenvalue weighted by molar-refractivity contribution is 0.474. The van der Waals surface area contributed by atoms with Crippen molar-refractivity contribution >= 4 is 27.7 Å². The van der Waals surface area contributed by atoms with Crippen LogP contribution in [0.4, 0.5) is 0 Å². The van der Waals surface area contributed by atoms with Crippen LogP contribution in [0.25, 0.3) is 0 Å². The zero-order valence-electron chi connectivity index (χ0n) is 11.9. The van der Waals surface area contributed by atoms with Crippen LogP contribution in [0.3, 0.4) is 0 Å². The van der Waals surface area contributed by atoms with Gasteiger partial charge >= 0.3 is 0 Å². The van der Waals surface area contributed by atoms with Crippen molar-refractivity contribution in [3.05, 3.63) is 34.3 Å². The molecule has 1 fully saturated rings. The number of nitrogens with one attached hydrogen (secondary N) is 1. The molecule has 0 saturated heterocycles. The van der Waals surface area contributed by atoms with E-state index in [9.17, 15) is 0 Å². The first-order chi connectivity index (χ1) is 9.13. The Kier molecular flexibility index (Phi) is 5.79. The first-order valence-corrected chi connectivity index (χ1v) is 9.18. The number of halogens is 1. The molecule has 0 bridgehead atoms. The third-order valence-electron chi connectivity index (χ3n) is 4.18. The van der Waals surface area contributed by atoms with Gasteiger partial charge in [0.15, 0.2) is 0 Å². The maximum atomic E-state index is 3.75. The Balaban J connectivity index is 1.81. The largest absolute Gasteiger partial charge is 0.313 e. The zero-order chi connectivity index (χ0) is 13.7. The van der Waals surface area contributed by atoms with E-state index >= 15 is 0 Å². The highest BCUT2D eigenvalue weighted by Crippen LogP contribution is 2.39. The molecule has 0 amide bonds. The molecule has 0 heterocycles. The van der Waals surface area contributed by atoms with Gasteiger partial charge in [-0.15, -0.1) is 0 Å². The van der Waals surface area contributed by atoms with Gasteiger partial charge < -0.3 is 5.32 Å². The Labute approximate surface area is 130 Å². The fraction of sp³-hybridized carbons (Fsp3) is 0.625. The molecule has 106 valence electrons. The van der Waals surface area contributed by atoms with Gasteiger partial charge in [0, 0.05) is 21.8 Å². The summed E-state index contributed by atoms with van der Waals surface area (Å²) in [4.78, 5) is 0. The summed E-state index contributed by atoms with van der Waals surface area (Å²) in [7, 11) is 0. The summed E-state index contributed by atoms with van der Waals surface area (Å²) in [5.41, 5.74) is 1.41. The molecule has 0 aliphatic heterocycles. The number of benzene rings is 1. The summed E-state index contributed by atoms with van der Waals surface area (Å²) >= 11 is 5.55. The second-order valence-electron chi connectivity index (χ2n) is 5.71. The average molecular weight is 342 g/mol. The maximum absolute atomic E-state index is 3.75. The van der Waals surface area contributed by atoms with E-state index in [2.05, 4.69) is 70.5 Å². The van der Waals surface area contributed by atoms with Crippen molar-refractivity contribution in [2.24, 2.45) is 0 Å². The Morgan fingerprint density at radius 2 is 1.89 bits per heavy atom. The van der Waals surface area contributed by atoms with Crippen molar-refractivity contribution in [1.82, 2.24) is 5.32 Å². The van der Waals surface area contributed by atoms with Gasteiger partial charge in [-0.3, -0.25) is 0 Å². The Bertz CT molecular complexity index is 384. The predicted molar refractivity (Wildman–Crippen MR) is 90.0 cm³/mol. The summed E-state index contributed by atoms with van der Waals surface area (Å²) in [6.45, 7) is 3.46. The fourth-order valence-electron chi connectivity index (χ4n) is 2.88. The smallest absolute Gasteiger partial charge is 0.0281 e. The molecule has 1 unspecified atom stereocenters. The zero-order valence-corrected chi connectivity index (χ0v) is 14.3. The molecule has 1 aliphatic rings. The minimum Gasteiger partial charge on any atom is -0.313 e. The van der Waals surface area contributed by atoms with Gasteiger partial charge in [-0.2, -0.15) is 11.8 Å². The maximum Gasteiger partial charge on any atom is 0.0281 e. The van der Waals surface area contributed by atoms with Crippen molar-refractivity contribution in [3.8, 4) is 0 Å². The van der Waals surface area contributed by atoms with Crippen LogP contribution in [-0.2, 0) is 6.42 Å². The molecule has 19 heavy (non-hydrogen) atoms. The summed E-state index contributed by atoms with van der Waals surface area (Å²) in [5.74, 6) is 0. The summed E-state index contributed by atoms with van der Waals surface area (Å²) in [5, 5.41) is 3.75. The summed E-state index contributed by atoms with van der Waals surface area (Å²) < 4.78 is 1.66. The van der Waals surface area contributed by atoms with Gasteiger partial charge in [0.25, 0.3) is 0 Å². The van der Waals surface area contributed by atoms with E-state index < -0.39 is 0 Å². The lowest BCUT2D eigenvalue weighted by atomic mass is 10.0. The van der Waals surface area contributed by atoms with Gasteiger partial charge in [-0.25, -0.2) is 0 Å². The van der Waals surface area contributed by atoms with Crippen LogP contribution in [0.15, 0.2) is 28.7 Å². The molecular formula is C16H24BrNS. The highest BCUT2D eigenvalue weighted by molar-refractivity contribution is 9.10. The number of hydrogen-bond acceptors (Lipinski definition) is 2. The van der Waals surface area contributed by atoms with Crippen molar-refractivity contribution in [1.29, 1.82) is 0 Å². The Morgan fingerprint density at radius 1 is 1.26 bits per heavy atom. The van der Waals surface area contributed by atoms with E-state index in [-0.39, 0.29) is 0 Å². The second kappa shape index (κ2) is 7.14. The van der Waals surface area contributed by atoms with Crippen LogP contribution in [0, 0.1) is 0 Å². The topological polar surface area (TPSA) is 12.0 Å². The van der Waals surface area contributed by atoms with Crippen LogP contribution >= 0.6 is 27.7 Å². The number of hydrogen-bond donors (Lipinski definition) is 1. The highest BCUT2D eigenvalue weighted by Gasteiger charge is 2.32. The van der Waals surface area contributed by atoms with E-state index in [4.69, 9.17) is 0 Å². The molecule has 1 N–H and O–H groups in total. The van der Waals surface area contributed by atoms with Gasteiger partial charge in [0.1, 0.15) is 0 Å². The summed E-state index contributed by atoms with van der Waals surface area (Å²) in [6, 6.07) is 9.22. The first kappa shape index (κ1) is 15.4. The molecule has 1 atom stereocenters. The van der Waals surface area contributed by atoms with E-state index in [1.807, 2.05) is 0 Å². The molecule has 1 aliphatic carbocycles. The van der Waals surface area contributed by atoms with Gasteiger partial charge in [0.2, 0.25) is 0 Å². The molecule has 1 saturated carbocycles. The second-order valence-corrected chi connectivity index (χ2v) is 7.90. The van der Waals surface area contributed by atoms with Gasteiger partial charge in [-0.05, 0) is 50.1 Å². The SMILES string of the molecule is CSC1(CNC(C)Cc2ccc(Br)cc2)CCCC1. The lowest BCUT2D eigenvalue weighted by Crippen LogP contribution is -2.40. The van der Waals surface area contributed by atoms with Crippen molar-refractivity contribution < 1.29 is 0 Å². The third-order valence-corrected chi connectivity index (χ3v) is 6.12. The summed E-state index contributed by atoms with van der Waals surface area (Å²) in [6.07, 6.45) is 8.95. The van der Waals surface area contributed by atoms with E-state index in [1.54, 1.807) is 0 Å². The predicted octanol–water partition coefficient (Wildman–Crippen LogP) is 4.65. The van der Waals surface area contributed by atoms with Gasteiger partial charge in [-0.1, -0.05) is 40.9 Å². The normalized spacial score (nSPS) is 19.5. The molecule has 2 rings (SSSR count). The minimum atomic E-state index is 0.508.